The minimum atomic E-state index is -2.27. The van der Waals surface area contributed by atoms with Crippen molar-refractivity contribution in [3.8, 4) is 0 Å². The van der Waals surface area contributed by atoms with Crippen molar-refractivity contribution in [2.45, 2.75) is 43.8 Å². The number of nitrogens with two attached hydrogens (primary N) is 1. The van der Waals surface area contributed by atoms with Crippen LogP contribution in [0.5, 0.6) is 0 Å². The van der Waals surface area contributed by atoms with E-state index in [1.165, 1.54) is 0 Å². The summed E-state index contributed by atoms with van der Waals surface area (Å²) in [6, 6.07) is 7.31. The van der Waals surface area contributed by atoms with E-state index in [4.69, 9.17) is 26.2 Å². The maximum Gasteiger partial charge on any atom is 0.335 e. The molecule has 1 aromatic rings. The second kappa shape index (κ2) is 9.10. The molecule has 3 unspecified atom stereocenters. The minimum absolute atomic E-state index is 0.186. The van der Waals surface area contributed by atoms with Crippen molar-refractivity contribution in [1.82, 2.24) is 5.32 Å². The molecule has 2 amide bonds. The zero-order chi connectivity index (χ0) is 20.8. The van der Waals surface area contributed by atoms with Gasteiger partial charge in [-0.2, -0.15) is 0 Å². The number of hydrogen-bond acceptors (Lipinski definition) is 7. The molecule has 1 heterocycles. The predicted molar refractivity (Wildman–Crippen MR) is 92.5 cm³/mol. The number of hydrogen-bond donors (Lipinski definition) is 6. The summed E-state index contributed by atoms with van der Waals surface area (Å²) in [4.78, 5) is 42.8. The number of imide groups is 1. The Morgan fingerprint density at radius 2 is 1.59 bits per heavy atom. The van der Waals surface area contributed by atoms with Crippen molar-refractivity contribution >= 4 is 29.4 Å². The fourth-order valence-electron chi connectivity index (χ4n) is 2.64. The number of carbonyl (C=O) groups is 4. The Hall–Kier alpha value is -2.98. The molecule has 0 aliphatic carbocycles. The Morgan fingerprint density at radius 1 is 1.11 bits per heavy atom. The fourth-order valence-corrected chi connectivity index (χ4v) is 2.64. The third-order valence-electron chi connectivity index (χ3n) is 4.34. The summed E-state index contributed by atoms with van der Waals surface area (Å²) < 4.78 is 0. The third-order valence-corrected chi connectivity index (χ3v) is 4.34. The lowest BCUT2D eigenvalue weighted by Crippen LogP contribution is -2.51. The second-order valence-corrected chi connectivity index (χ2v) is 6.00. The van der Waals surface area contributed by atoms with E-state index in [0.29, 0.717) is 24.9 Å². The van der Waals surface area contributed by atoms with Gasteiger partial charge in [-0.1, -0.05) is 19.1 Å². The first-order chi connectivity index (χ1) is 12.5. The molecular formula is C17H22N2O8. The fraction of sp³-hybridized carbons (Fsp3) is 0.412. The van der Waals surface area contributed by atoms with Gasteiger partial charge in [0.15, 0.2) is 12.2 Å². The average molecular weight is 382 g/mol. The van der Waals surface area contributed by atoms with Gasteiger partial charge in [-0.05, 0) is 30.5 Å². The first kappa shape index (κ1) is 22.1. The molecule has 3 atom stereocenters. The van der Waals surface area contributed by atoms with Gasteiger partial charge in [0.2, 0.25) is 11.8 Å². The van der Waals surface area contributed by atoms with E-state index in [1.54, 1.807) is 12.1 Å². The number of rotatable bonds is 5. The molecule has 1 aliphatic rings. The summed E-state index contributed by atoms with van der Waals surface area (Å²) in [6.07, 6.45) is -2.90. The van der Waals surface area contributed by atoms with Crippen molar-refractivity contribution in [1.29, 1.82) is 0 Å². The Morgan fingerprint density at radius 3 is 1.96 bits per heavy atom. The first-order valence-electron chi connectivity index (χ1n) is 8.07. The van der Waals surface area contributed by atoms with Crippen molar-refractivity contribution in [3.63, 3.8) is 0 Å². The summed E-state index contributed by atoms with van der Waals surface area (Å²) in [6.45, 7) is 1.96. The Bertz CT molecular complexity index is 700. The molecule has 7 N–H and O–H groups in total. The van der Waals surface area contributed by atoms with Gasteiger partial charge in [-0.25, -0.2) is 9.59 Å². The Labute approximate surface area is 154 Å². The van der Waals surface area contributed by atoms with Crippen LogP contribution in [0.4, 0.5) is 5.69 Å². The Balaban J connectivity index is 0.000000314. The van der Waals surface area contributed by atoms with Crippen LogP contribution in [0.2, 0.25) is 0 Å². The monoisotopic (exact) mass is 382 g/mol. The van der Waals surface area contributed by atoms with Gasteiger partial charge >= 0.3 is 11.9 Å². The SMILES string of the molecule is CCC1(c2ccc(N)cc2)CCC(=O)NC1=O.O=C(O)C(O)C(O)C(=O)O. The van der Waals surface area contributed by atoms with Crippen molar-refractivity contribution in [2.75, 3.05) is 5.73 Å². The van der Waals surface area contributed by atoms with Gasteiger partial charge in [0.05, 0.1) is 5.41 Å². The van der Waals surface area contributed by atoms with E-state index >= 15 is 0 Å². The molecule has 1 fully saturated rings. The number of carboxylic acid groups (broad SMARTS) is 2. The van der Waals surface area contributed by atoms with Crippen molar-refractivity contribution in [2.24, 2.45) is 0 Å². The van der Waals surface area contributed by atoms with Gasteiger partial charge in [0.25, 0.3) is 0 Å². The largest absolute Gasteiger partial charge is 0.479 e. The van der Waals surface area contributed by atoms with Gasteiger partial charge in [0.1, 0.15) is 0 Å². The van der Waals surface area contributed by atoms with E-state index in [-0.39, 0.29) is 11.8 Å². The highest BCUT2D eigenvalue weighted by Crippen LogP contribution is 2.35. The molecule has 2 rings (SSSR count). The molecule has 0 bridgehead atoms. The number of carbonyl (C=O) groups excluding carboxylic acids is 2. The number of aliphatic carboxylic acids is 2. The lowest BCUT2D eigenvalue weighted by atomic mass is 9.72. The summed E-state index contributed by atoms with van der Waals surface area (Å²) >= 11 is 0. The lowest BCUT2D eigenvalue weighted by Gasteiger charge is -2.34. The van der Waals surface area contributed by atoms with Crippen LogP contribution in [0.1, 0.15) is 31.7 Å². The standard InChI is InChI=1S/C13H16N2O2.C4H6O6/c1-2-13(8-7-11(16)15-12(13)17)9-3-5-10(14)6-4-9;5-1(3(7)8)2(6)4(9)10/h3-6H,2,7-8,14H2,1H3,(H,15,16,17);1-2,5-6H,(H,7,8)(H,9,10). The maximum absolute atomic E-state index is 12.1. The lowest BCUT2D eigenvalue weighted by molar-refractivity contribution is -0.165. The molecule has 0 radical (unpaired) electrons. The van der Waals surface area contributed by atoms with Crippen LogP contribution in [0, 0.1) is 0 Å². The minimum Gasteiger partial charge on any atom is -0.479 e. The molecular weight excluding hydrogens is 360 g/mol. The van der Waals surface area contributed by atoms with Gasteiger partial charge < -0.3 is 26.2 Å². The first-order valence-corrected chi connectivity index (χ1v) is 8.07. The number of nitrogen functional groups attached to an aromatic ring is 1. The molecule has 0 spiro atoms. The zero-order valence-electron chi connectivity index (χ0n) is 14.6. The highest BCUT2D eigenvalue weighted by Gasteiger charge is 2.42. The summed E-state index contributed by atoms with van der Waals surface area (Å²) in [5, 5.41) is 35.0. The normalized spacial score (nSPS) is 21.3. The van der Waals surface area contributed by atoms with E-state index in [0.717, 1.165) is 5.56 Å². The molecule has 1 aromatic carbocycles. The van der Waals surface area contributed by atoms with Crippen LogP contribution in [-0.2, 0) is 24.6 Å². The van der Waals surface area contributed by atoms with Crippen LogP contribution in [0.3, 0.4) is 0 Å². The zero-order valence-corrected chi connectivity index (χ0v) is 14.6. The van der Waals surface area contributed by atoms with E-state index in [2.05, 4.69) is 5.32 Å². The number of nitrogens with one attached hydrogen (secondary N) is 1. The molecule has 148 valence electrons. The number of aliphatic hydroxyl groups is 2. The number of anilines is 1. The van der Waals surface area contributed by atoms with E-state index < -0.39 is 29.6 Å². The molecule has 1 aliphatic heterocycles. The maximum atomic E-state index is 12.1. The quantitative estimate of drug-likeness (QED) is 0.281. The topological polar surface area (TPSA) is 187 Å². The molecule has 10 heteroatoms. The van der Waals surface area contributed by atoms with Crippen LogP contribution in [0.15, 0.2) is 24.3 Å². The van der Waals surface area contributed by atoms with Gasteiger partial charge in [0, 0.05) is 12.1 Å². The molecule has 27 heavy (non-hydrogen) atoms. The van der Waals surface area contributed by atoms with Crippen molar-refractivity contribution < 1.29 is 39.6 Å². The highest BCUT2D eigenvalue weighted by molar-refractivity contribution is 6.03. The number of piperidine rings is 1. The molecule has 10 nitrogen and oxygen atoms in total. The number of benzene rings is 1. The Kier molecular flexibility index (Phi) is 7.44. The molecule has 0 aromatic heterocycles. The summed E-state index contributed by atoms with van der Waals surface area (Å²) in [5.41, 5.74) is 6.66. The summed E-state index contributed by atoms with van der Waals surface area (Å²) in [5.74, 6) is -3.92. The van der Waals surface area contributed by atoms with E-state index in [9.17, 15) is 19.2 Å². The number of aliphatic hydroxyl groups excluding tert-OH is 2. The summed E-state index contributed by atoms with van der Waals surface area (Å²) in [7, 11) is 0. The molecule has 0 saturated carbocycles. The number of amides is 2. The average Bonchev–Trinajstić information content (AvgIpc) is 2.62. The van der Waals surface area contributed by atoms with Gasteiger partial charge in [-0.3, -0.25) is 14.9 Å². The number of carboxylic acids is 2. The third kappa shape index (κ3) is 5.25. The predicted octanol–water partition coefficient (Wildman–Crippen LogP) is -0.769. The van der Waals surface area contributed by atoms with Crippen LogP contribution >= 0.6 is 0 Å². The van der Waals surface area contributed by atoms with Crippen molar-refractivity contribution in [3.05, 3.63) is 29.8 Å². The van der Waals surface area contributed by atoms with Crippen LogP contribution in [-0.4, -0.2) is 56.4 Å². The van der Waals surface area contributed by atoms with Crippen LogP contribution in [0.25, 0.3) is 0 Å². The van der Waals surface area contributed by atoms with Gasteiger partial charge in [-0.15, -0.1) is 0 Å². The van der Waals surface area contributed by atoms with E-state index in [1.807, 2.05) is 19.1 Å². The second-order valence-electron chi connectivity index (χ2n) is 6.00. The highest BCUT2D eigenvalue weighted by atomic mass is 16.4. The molecule has 1 saturated heterocycles. The smallest absolute Gasteiger partial charge is 0.335 e. The van der Waals surface area contributed by atoms with Crippen LogP contribution < -0.4 is 11.1 Å².